The van der Waals surface area contributed by atoms with Crippen LogP contribution in [0.2, 0.25) is 5.02 Å². The quantitative estimate of drug-likeness (QED) is 0.862. The normalized spacial score (nSPS) is 10.3. The Morgan fingerprint density at radius 3 is 3.00 bits per heavy atom. The van der Waals surface area contributed by atoms with Crippen LogP contribution in [0.4, 0.5) is 5.69 Å². The molecule has 1 heterocycles. The molecule has 2 rings (SSSR count). The van der Waals surface area contributed by atoms with E-state index in [0.29, 0.717) is 23.8 Å². The Morgan fingerprint density at radius 1 is 1.50 bits per heavy atom. The molecule has 7 heteroatoms. The summed E-state index contributed by atoms with van der Waals surface area (Å²) in [5, 5.41) is 20.0. The largest absolute Gasteiger partial charge is 0.478 e. The molecule has 2 N–H and O–H groups in total. The van der Waals surface area contributed by atoms with Crippen LogP contribution < -0.4 is 5.32 Å². The van der Waals surface area contributed by atoms with E-state index in [0.717, 1.165) is 0 Å². The van der Waals surface area contributed by atoms with Crippen molar-refractivity contribution in [3.05, 3.63) is 41.2 Å². The fourth-order valence-electron chi connectivity index (χ4n) is 1.51. The number of carboxylic acids is 1. The molecular weight excluding hydrogens is 256 g/mol. The first-order valence-corrected chi connectivity index (χ1v) is 5.65. The number of hydrogen-bond acceptors (Lipinski definition) is 4. The number of aromatic carboxylic acids is 1. The molecule has 0 aliphatic carbocycles. The molecule has 6 nitrogen and oxygen atoms in total. The van der Waals surface area contributed by atoms with Gasteiger partial charge in [0.1, 0.15) is 0 Å². The zero-order chi connectivity index (χ0) is 13.0. The zero-order valence-corrected chi connectivity index (χ0v) is 10.1. The molecule has 2 aromatic rings. The highest BCUT2D eigenvalue weighted by atomic mass is 35.5. The first kappa shape index (κ1) is 12.4. The summed E-state index contributed by atoms with van der Waals surface area (Å²) < 4.78 is 1.65. The number of aromatic nitrogens is 3. The molecular formula is C11H11ClN4O2. The van der Waals surface area contributed by atoms with Crippen molar-refractivity contribution in [1.82, 2.24) is 15.0 Å². The number of rotatable bonds is 5. The highest BCUT2D eigenvalue weighted by molar-refractivity contribution is 6.31. The minimum absolute atomic E-state index is 0.193. The molecule has 0 bridgehead atoms. The maximum absolute atomic E-state index is 11.0. The van der Waals surface area contributed by atoms with Crippen molar-refractivity contribution in [1.29, 1.82) is 0 Å². The molecule has 94 valence electrons. The van der Waals surface area contributed by atoms with E-state index in [9.17, 15) is 4.79 Å². The van der Waals surface area contributed by atoms with E-state index in [1.807, 2.05) is 0 Å². The third-order valence-electron chi connectivity index (χ3n) is 2.34. The van der Waals surface area contributed by atoms with Gasteiger partial charge >= 0.3 is 5.97 Å². The predicted octanol–water partition coefficient (Wildman–Crippen LogP) is 1.74. The topological polar surface area (TPSA) is 80.0 Å². The lowest BCUT2D eigenvalue weighted by atomic mass is 10.2. The lowest BCUT2D eigenvalue weighted by Crippen LogP contribution is -2.13. The van der Waals surface area contributed by atoms with Crippen LogP contribution in [-0.4, -0.2) is 32.6 Å². The number of halogens is 1. The number of hydrogen-bond donors (Lipinski definition) is 2. The Bertz CT molecular complexity index is 542. The third-order valence-corrected chi connectivity index (χ3v) is 2.58. The van der Waals surface area contributed by atoms with E-state index in [1.165, 1.54) is 6.07 Å². The number of anilines is 1. The van der Waals surface area contributed by atoms with Gasteiger partial charge in [0.05, 0.1) is 24.0 Å². The number of nitrogens with one attached hydrogen (secondary N) is 1. The second-order valence-corrected chi connectivity index (χ2v) is 4.02. The van der Waals surface area contributed by atoms with E-state index in [-0.39, 0.29) is 5.56 Å². The van der Waals surface area contributed by atoms with Crippen molar-refractivity contribution >= 4 is 23.3 Å². The lowest BCUT2D eigenvalue weighted by Gasteiger charge is -2.09. The van der Waals surface area contributed by atoms with Gasteiger partial charge < -0.3 is 10.4 Å². The molecule has 0 fully saturated rings. The minimum Gasteiger partial charge on any atom is -0.478 e. The van der Waals surface area contributed by atoms with Crippen LogP contribution in [0.3, 0.4) is 0 Å². The Labute approximate surface area is 108 Å². The summed E-state index contributed by atoms with van der Waals surface area (Å²) in [5.41, 5.74) is 0.688. The van der Waals surface area contributed by atoms with Gasteiger partial charge in [0.2, 0.25) is 0 Å². The Balaban J connectivity index is 2.03. The van der Waals surface area contributed by atoms with Crippen LogP contribution in [0.5, 0.6) is 0 Å². The SMILES string of the molecule is O=C(O)c1ccc(Cl)cc1NCCn1ccnn1. The average Bonchev–Trinajstić information content (AvgIpc) is 2.82. The molecule has 0 unspecified atom stereocenters. The van der Waals surface area contributed by atoms with Crippen LogP contribution in [0.1, 0.15) is 10.4 Å². The molecule has 0 saturated carbocycles. The van der Waals surface area contributed by atoms with Gasteiger partial charge in [-0.05, 0) is 18.2 Å². The van der Waals surface area contributed by atoms with Crippen LogP contribution in [0, 0.1) is 0 Å². The van der Waals surface area contributed by atoms with E-state index in [2.05, 4.69) is 15.6 Å². The van der Waals surface area contributed by atoms with Gasteiger partial charge in [0, 0.05) is 17.8 Å². The third kappa shape index (κ3) is 2.98. The van der Waals surface area contributed by atoms with Crippen molar-refractivity contribution in [2.24, 2.45) is 0 Å². The minimum atomic E-state index is -0.991. The van der Waals surface area contributed by atoms with E-state index < -0.39 is 5.97 Å². The van der Waals surface area contributed by atoms with Crippen LogP contribution >= 0.6 is 11.6 Å². The smallest absolute Gasteiger partial charge is 0.337 e. The van der Waals surface area contributed by atoms with Crippen LogP contribution in [0.15, 0.2) is 30.6 Å². The highest BCUT2D eigenvalue weighted by Crippen LogP contribution is 2.20. The molecule has 1 aromatic carbocycles. The molecule has 0 amide bonds. The summed E-state index contributed by atoms with van der Waals surface area (Å²) in [7, 11) is 0. The number of benzene rings is 1. The summed E-state index contributed by atoms with van der Waals surface area (Å²) in [6.45, 7) is 1.12. The van der Waals surface area contributed by atoms with Crippen molar-refractivity contribution in [2.45, 2.75) is 6.54 Å². The predicted molar refractivity (Wildman–Crippen MR) is 66.9 cm³/mol. The zero-order valence-electron chi connectivity index (χ0n) is 9.38. The fraction of sp³-hybridized carbons (Fsp3) is 0.182. The van der Waals surface area contributed by atoms with Gasteiger partial charge in [-0.15, -0.1) is 5.10 Å². The molecule has 0 atom stereocenters. The van der Waals surface area contributed by atoms with Crippen molar-refractivity contribution in [3.63, 3.8) is 0 Å². The van der Waals surface area contributed by atoms with Crippen molar-refractivity contribution in [3.8, 4) is 0 Å². The Hall–Kier alpha value is -2.08. The Morgan fingerprint density at radius 2 is 2.33 bits per heavy atom. The maximum atomic E-state index is 11.0. The van der Waals surface area contributed by atoms with Gasteiger partial charge in [0.25, 0.3) is 0 Å². The molecule has 18 heavy (non-hydrogen) atoms. The van der Waals surface area contributed by atoms with Gasteiger partial charge in [-0.3, -0.25) is 4.68 Å². The second-order valence-electron chi connectivity index (χ2n) is 3.59. The molecule has 0 spiro atoms. The van der Waals surface area contributed by atoms with Crippen LogP contribution in [-0.2, 0) is 6.54 Å². The first-order valence-electron chi connectivity index (χ1n) is 5.27. The highest BCUT2D eigenvalue weighted by Gasteiger charge is 2.09. The summed E-state index contributed by atoms with van der Waals surface area (Å²) >= 11 is 5.84. The number of nitrogens with zero attached hydrogens (tertiary/aromatic N) is 3. The lowest BCUT2D eigenvalue weighted by molar-refractivity contribution is 0.0698. The average molecular weight is 267 g/mol. The summed E-state index contributed by atoms with van der Waals surface area (Å²) in [6, 6.07) is 4.61. The van der Waals surface area contributed by atoms with Gasteiger partial charge in [-0.1, -0.05) is 16.8 Å². The van der Waals surface area contributed by atoms with Gasteiger partial charge in [0.15, 0.2) is 0 Å². The van der Waals surface area contributed by atoms with E-state index in [1.54, 1.807) is 29.2 Å². The van der Waals surface area contributed by atoms with E-state index in [4.69, 9.17) is 16.7 Å². The number of carboxylic acid groups (broad SMARTS) is 1. The number of carbonyl (C=O) groups is 1. The summed E-state index contributed by atoms with van der Waals surface area (Å²) in [4.78, 5) is 11.0. The molecule has 0 aliphatic heterocycles. The van der Waals surface area contributed by atoms with Crippen LogP contribution in [0.25, 0.3) is 0 Å². The van der Waals surface area contributed by atoms with Crippen molar-refractivity contribution < 1.29 is 9.90 Å². The van der Waals surface area contributed by atoms with Gasteiger partial charge in [-0.25, -0.2) is 4.79 Å². The standard InChI is InChI=1S/C11H11ClN4O2/c12-8-1-2-9(11(17)18)10(7-8)13-3-5-16-6-4-14-15-16/h1-2,4,6-7,13H,3,5H2,(H,17,18). The monoisotopic (exact) mass is 266 g/mol. The summed E-state index contributed by atoms with van der Waals surface area (Å²) in [6.07, 6.45) is 3.32. The fourth-order valence-corrected chi connectivity index (χ4v) is 1.68. The second kappa shape index (κ2) is 5.50. The van der Waals surface area contributed by atoms with Crippen molar-refractivity contribution in [2.75, 3.05) is 11.9 Å². The summed E-state index contributed by atoms with van der Waals surface area (Å²) in [5.74, 6) is -0.991. The van der Waals surface area contributed by atoms with Gasteiger partial charge in [-0.2, -0.15) is 0 Å². The molecule has 0 radical (unpaired) electrons. The molecule has 0 saturated heterocycles. The Kier molecular flexibility index (Phi) is 3.78. The maximum Gasteiger partial charge on any atom is 0.337 e. The molecule has 0 aliphatic rings. The molecule has 1 aromatic heterocycles. The first-order chi connectivity index (χ1) is 8.66. The van der Waals surface area contributed by atoms with E-state index >= 15 is 0 Å².